The van der Waals surface area contributed by atoms with Gasteiger partial charge in [0.1, 0.15) is 5.82 Å². The van der Waals surface area contributed by atoms with Gasteiger partial charge in [-0.1, -0.05) is 0 Å². The minimum absolute atomic E-state index is 0.0109. The fourth-order valence-electron chi connectivity index (χ4n) is 3.20. The first-order valence-electron chi connectivity index (χ1n) is 8.98. The van der Waals surface area contributed by atoms with Crippen LogP contribution in [-0.2, 0) is 30.3 Å². The van der Waals surface area contributed by atoms with Gasteiger partial charge in [-0.2, -0.15) is 17.5 Å². The molecule has 30 heavy (non-hydrogen) atoms. The molecule has 0 amide bonds. The Morgan fingerprint density at radius 3 is 2.33 bits per heavy atom. The van der Waals surface area contributed by atoms with E-state index in [1.54, 1.807) is 4.90 Å². The first kappa shape index (κ1) is 22.0. The number of alkyl halides is 3. The average molecular weight is 447 g/mol. The molecule has 0 N–H and O–H groups in total. The molecule has 3 heterocycles. The predicted molar refractivity (Wildman–Crippen MR) is 102 cm³/mol. The molecule has 0 bridgehead atoms. The summed E-state index contributed by atoms with van der Waals surface area (Å²) >= 11 is 0. The third kappa shape index (κ3) is 4.12. The van der Waals surface area contributed by atoms with E-state index in [2.05, 4.69) is 4.98 Å². The van der Waals surface area contributed by atoms with Gasteiger partial charge in [-0.25, -0.2) is 18.2 Å². The number of aromatic nitrogens is 3. The first-order chi connectivity index (χ1) is 13.9. The lowest BCUT2D eigenvalue weighted by Gasteiger charge is -2.23. The smallest absolute Gasteiger partial charge is 0.355 e. The van der Waals surface area contributed by atoms with Crippen LogP contribution in [-0.4, -0.2) is 53.0 Å². The van der Waals surface area contributed by atoms with Crippen molar-refractivity contribution < 1.29 is 21.6 Å². The third-order valence-corrected chi connectivity index (χ3v) is 6.77. The largest absolute Gasteiger partial charge is 0.417 e. The Labute approximate surface area is 170 Å². The summed E-state index contributed by atoms with van der Waals surface area (Å²) in [6, 6.07) is 2.17. The van der Waals surface area contributed by atoms with Gasteiger partial charge in [-0.15, -0.1) is 0 Å². The Kier molecular flexibility index (Phi) is 5.78. The van der Waals surface area contributed by atoms with Crippen LogP contribution in [0, 0.1) is 0 Å². The Morgan fingerprint density at radius 2 is 1.73 bits per heavy atom. The highest BCUT2D eigenvalue weighted by Gasteiger charge is 2.32. The van der Waals surface area contributed by atoms with Crippen molar-refractivity contribution in [3.05, 3.63) is 50.9 Å². The fourth-order valence-corrected chi connectivity index (χ4v) is 4.81. The molecule has 1 fully saturated rings. The van der Waals surface area contributed by atoms with Gasteiger partial charge in [-0.3, -0.25) is 9.36 Å². The van der Waals surface area contributed by atoms with E-state index in [9.17, 15) is 31.2 Å². The number of aryl methyl sites for hydroxylation is 1. The SMILES string of the molecule is Cn1cc(S(=O)(=O)N2CCCN(c3ccc(C(F)(F)F)cn3)CC2)c(=O)n(C)c1=O. The van der Waals surface area contributed by atoms with Crippen molar-refractivity contribution in [1.82, 2.24) is 18.4 Å². The Balaban J connectivity index is 1.83. The van der Waals surface area contributed by atoms with E-state index < -0.39 is 37.9 Å². The minimum atomic E-state index is -4.49. The van der Waals surface area contributed by atoms with E-state index in [4.69, 9.17) is 0 Å². The van der Waals surface area contributed by atoms with Crippen LogP contribution >= 0.6 is 0 Å². The van der Waals surface area contributed by atoms with Crippen molar-refractivity contribution in [2.75, 3.05) is 31.1 Å². The number of nitrogens with zero attached hydrogens (tertiary/aromatic N) is 5. The second-order valence-corrected chi connectivity index (χ2v) is 8.80. The quantitative estimate of drug-likeness (QED) is 0.676. The van der Waals surface area contributed by atoms with E-state index in [0.717, 1.165) is 31.9 Å². The molecule has 0 radical (unpaired) electrons. The van der Waals surface area contributed by atoms with Gasteiger partial charge in [0, 0.05) is 52.7 Å². The van der Waals surface area contributed by atoms with E-state index >= 15 is 0 Å². The van der Waals surface area contributed by atoms with E-state index in [1.165, 1.54) is 20.2 Å². The van der Waals surface area contributed by atoms with Gasteiger partial charge < -0.3 is 9.47 Å². The van der Waals surface area contributed by atoms with Crippen molar-refractivity contribution >= 4 is 15.8 Å². The second kappa shape index (κ2) is 7.87. The van der Waals surface area contributed by atoms with Crippen molar-refractivity contribution in [1.29, 1.82) is 0 Å². The maximum atomic E-state index is 13.0. The summed E-state index contributed by atoms with van der Waals surface area (Å²) in [4.78, 5) is 29.2. The number of anilines is 1. The molecular formula is C17H20F3N5O4S. The molecular weight excluding hydrogens is 427 g/mol. The van der Waals surface area contributed by atoms with Crippen molar-refractivity contribution in [2.24, 2.45) is 14.1 Å². The number of rotatable bonds is 3. The Bertz CT molecular complexity index is 1160. The van der Waals surface area contributed by atoms with Crippen LogP contribution in [0.25, 0.3) is 0 Å². The van der Waals surface area contributed by atoms with Crippen molar-refractivity contribution in [3.63, 3.8) is 0 Å². The van der Waals surface area contributed by atoms with Gasteiger partial charge in [-0.05, 0) is 18.6 Å². The van der Waals surface area contributed by atoms with Crippen molar-refractivity contribution in [3.8, 4) is 0 Å². The van der Waals surface area contributed by atoms with E-state index in [1.807, 2.05) is 0 Å². The first-order valence-corrected chi connectivity index (χ1v) is 10.4. The highest BCUT2D eigenvalue weighted by Crippen LogP contribution is 2.29. The molecule has 2 aromatic rings. The van der Waals surface area contributed by atoms with Crippen LogP contribution in [0.4, 0.5) is 19.0 Å². The molecule has 0 saturated carbocycles. The van der Waals surface area contributed by atoms with Crippen LogP contribution < -0.4 is 16.1 Å². The molecule has 0 spiro atoms. The highest BCUT2D eigenvalue weighted by atomic mass is 32.2. The lowest BCUT2D eigenvalue weighted by molar-refractivity contribution is -0.137. The summed E-state index contributed by atoms with van der Waals surface area (Å²) in [5.74, 6) is 0.306. The number of hydrogen-bond donors (Lipinski definition) is 0. The zero-order chi connectivity index (χ0) is 22.3. The average Bonchev–Trinajstić information content (AvgIpc) is 2.95. The lowest BCUT2D eigenvalue weighted by Crippen LogP contribution is -2.43. The summed E-state index contributed by atoms with van der Waals surface area (Å²) < 4.78 is 67.0. The van der Waals surface area contributed by atoms with Crippen LogP contribution in [0.3, 0.4) is 0 Å². The lowest BCUT2D eigenvalue weighted by atomic mass is 10.2. The molecule has 164 valence electrons. The Morgan fingerprint density at radius 1 is 1.03 bits per heavy atom. The summed E-state index contributed by atoms with van der Waals surface area (Å²) in [5.41, 5.74) is -2.42. The van der Waals surface area contributed by atoms with E-state index in [0.29, 0.717) is 18.8 Å². The van der Waals surface area contributed by atoms with Gasteiger partial charge in [0.25, 0.3) is 5.56 Å². The van der Waals surface area contributed by atoms with Crippen LogP contribution in [0.15, 0.2) is 39.0 Å². The highest BCUT2D eigenvalue weighted by molar-refractivity contribution is 7.89. The van der Waals surface area contributed by atoms with Gasteiger partial charge in [0.15, 0.2) is 4.90 Å². The van der Waals surface area contributed by atoms with Crippen LogP contribution in [0.5, 0.6) is 0 Å². The predicted octanol–water partition coefficient (Wildman–Crippen LogP) is 0.399. The number of sulfonamides is 1. The number of hydrogen-bond acceptors (Lipinski definition) is 6. The molecule has 0 unspecified atom stereocenters. The molecule has 1 saturated heterocycles. The monoisotopic (exact) mass is 447 g/mol. The number of pyridine rings is 1. The third-order valence-electron chi connectivity index (χ3n) is 4.89. The maximum absolute atomic E-state index is 13.0. The molecule has 0 aromatic carbocycles. The van der Waals surface area contributed by atoms with Gasteiger partial charge in [0.2, 0.25) is 10.0 Å². The maximum Gasteiger partial charge on any atom is 0.417 e. The van der Waals surface area contributed by atoms with Crippen molar-refractivity contribution in [2.45, 2.75) is 17.5 Å². The summed E-state index contributed by atoms with van der Waals surface area (Å²) in [7, 11) is -1.62. The normalized spacial score (nSPS) is 16.5. The second-order valence-electron chi connectivity index (χ2n) is 6.90. The molecule has 1 aliphatic rings. The fraction of sp³-hybridized carbons (Fsp3) is 0.471. The zero-order valence-electron chi connectivity index (χ0n) is 16.3. The molecule has 2 aromatic heterocycles. The molecule has 0 aliphatic carbocycles. The molecule has 9 nitrogen and oxygen atoms in total. The van der Waals surface area contributed by atoms with Gasteiger partial charge >= 0.3 is 11.9 Å². The van der Waals surface area contributed by atoms with Gasteiger partial charge in [0.05, 0.1) is 5.56 Å². The molecule has 1 aliphatic heterocycles. The molecule has 3 rings (SSSR count). The molecule has 13 heteroatoms. The summed E-state index contributed by atoms with van der Waals surface area (Å²) in [5, 5.41) is 0. The molecule has 0 atom stereocenters. The van der Waals surface area contributed by atoms with Crippen LogP contribution in [0.2, 0.25) is 0 Å². The number of halogens is 3. The standard InChI is InChI=1S/C17H20F3N5O4S/c1-22-11-13(15(26)23(2)16(22)27)30(28,29)25-7-3-6-24(8-9-25)14-5-4-12(10-21-14)17(18,19)20/h4-5,10-11H,3,6-9H2,1-2H3. The topological polar surface area (TPSA) is 97.5 Å². The Hall–Kier alpha value is -2.67. The summed E-state index contributed by atoms with van der Waals surface area (Å²) in [6.07, 6.45) is -2.37. The summed E-state index contributed by atoms with van der Waals surface area (Å²) in [6.45, 7) is 0.696. The zero-order valence-corrected chi connectivity index (χ0v) is 17.1. The van der Waals surface area contributed by atoms with Crippen LogP contribution in [0.1, 0.15) is 12.0 Å². The minimum Gasteiger partial charge on any atom is -0.355 e. The van der Waals surface area contributed by atoms with E-state index in [-0.39, 0.29) is 19.6 Å².